The normalized spacial score (nSPS) is 13.2. The Morgan fingerprint density at radius 3 is 2.32 bits per heavy atom. The summed E-state index contributed by atoms with van der Waals surface area (Å²) in [7, 11) is 0. The van der Waals surface area contributed by atoms with Crippen LogP contribution in [0.25, 0.3) is 0 Å². The van der Waals surface area contributed by atoms with E-state index in [-0.39, 0.29) is 5.97 Å². The third kappa shape index (κ3) is 7.91. The smallest absolute Gasteiger partial charge is 0.338 e. The Bertz CT molecular complexity index is 741. The van der Waals surface area contributed by atoms with Gasteiger partial charge in [0.15, 0.2) is 0 Å². The van der Waals surface area contributed by atoms with Gasteiger partial charge in [0, 0.05) is 0 Å². The predicted octanol–water partition coefficient (Wildman–Crippen LogP) is 1.74. The number of carboxylic acid groups (broad SMARTS) is 1. The van der Waals surface area contributed by atoms with E-state index in [1.807, 2.05) is 30.3 Å². The van der Waals surface area contributed by atoms with Gasteiger partial charge >= 0.3 is 11.9 Å². The summed E-state index contributed by atoms with van der Waals surface area (Å²) in [6.07, 6.45) is 1.93. The molecule has 0 aliphatic heterocycles. The molecule has 2 aromatic carbocycles. The Balaban J connectivity index is 0.000000295. The summed E-state index contributed by atoms with van der Waals surface area (Å²) in [5.74, 6) is -2.66. The monoisotopic (exact) mass is 404 g/mol. The molecule has 0 aromatic heterocycles. The van der Waals surface area contributed by atoms with Crippen LogP contribution in [0, 0.1) is 12.0 Å². The maximum atomic E-state index is 11.6. The van der Waals surface area contributed by atoms with E-state index in [4.69, 9.17) is 20.7 Å². The highest BCUT2D eigenvalue weighted by Crippen LogP contribution is 2.15. The molecule has 0 aliphatic rings. The lowest BCUT2D eigenvalue weighted by molar-refractivity contribution is -0.142. The number of hydrogen-bond acceptors (Lipinski definition) is 7. The fourth-order valence-corrected chi connectivity index (χ4v) is 2.53. The van der Waals surface area contributed by atoms with Crippen LogP contribution in [0.3, 0.4) is 0 Å². The predicted molar refractivity (Wildman–Crippen MR) is 106 cm³/mol. The van der Waals surface area contributed by atoms with Gasteiger partial charge in [0.1, 0.15) is 24.4 Å². The van der Waals surface area contributed by atoms with Crippen LogP contribution in [0.5, 0.6) is 0 Å². The number of hydrogen-bond donors (Lipinski definition) is 3. The Morgan fingerprint density at radius 1 is 1.21 bits per heavy atom. The Labute approximate surface area is 167 Å². The fourth-order valence-electron chi connectivity index (χ4n) is 1.98. The largest absolute Gasteiger partial charge is 0.480 e. The maximum absolute atomic E-state index is 11.6. The van der Waals surface area contributed by atoms with Crippen molar-refractivity contribution in [2.24, 2.45) is 11.7 Å². The fraction of sp³-hybridized carbons (Fsp3) is 0.250. The first-order valence-corrected chi connectivity index (χ1v) is 9.51. The number of carboxylic acids is 1. The number of aliphatic hydroxyl groups excluding tert-OH is 1. The Kier molecular flexibility index (Phi) is 10.6. The maximum Gasteiger partial charge on any atom is 0.338 e. The van der Waals surface area contributed by atoms with Crippen molar-refractivity contribution in [3.63, 3.8) is 0 Å². The second-order valence-corrected chi connectivity index (χ2v) is 6.51. The van der Waals surface area contributed by atoms with E-state index in [1.165, 1.54) is 0 Å². The summed E-state index contributed by atoms with van der Waals surface area (Å²) < 4.78 is 5.16. The van der Waals surface area contributed by atoms with Gasteiger partial charge in [-0.3, -0.25) is 4.79 Å². The van der Waals surface area contributed by atoms with E-state index >= 15 is 0 Å². The lowest BCUT2D eigenvalue weighted by Gasteiger charge is -2.18. The molecule has 4 N–H and O–H groups in total. The summed E-state index contributed by atoms with van der Waals surface area (Å²) in [5.41, 5.74) is 5.62. The van der Waals surface area contributed by atoms with E-state index in [1.54, 1.807) is 30.5 Å². The number of thioether (sulfide) groups is 1. The molecular weight excluding hydrogens is 382 g/mol. The quantitative estimate of drug-likeness (QED) is 0.345. The molecule has 1 radical (unpaired) electrons. The minimum Gasteiger partial charge on any atom is -0.480 e. The standard InChI is InChI=1S/C14H11O2.C6H11NO4S/c15-14(13-9-5-2-6-10-13)16-11-12-7-3-1-4-8-12;1-12-6(11)3(2-8)4(7)5(9)10/h1,3-10H,11H2;2-4,6,11H,7H2,1H3,(H,9,10)/t;3?,4-,6?/m.0/s1. The van der Waals surface area contributed by atoms with Gasteiger partial charge in [-0.2, -0.15) is 0 Å². The van der Waals surface area contributed by atoms with Crippen molar-refractivity contribution >= 4 is 30.0 Å². The van der Waals surface area contributed by atoms with Gasteiger partial charge < -0.3 is 25.5 Å². The highest BCUT2D eigenvalue weighted by Gasteiger charge is 2.29. The van der Waals surface area contributed by atoms with Crippen LogP contribution in [0.15, 0.2) is 54.6 Å². The molecule has 0 heterocycles. The number of carbonyl (C=O) groups excluding carboxylic acids is 2. The van der Waals surface area contributed by atoms with Crippen molar-refractivity contribution in [2.75, 3.05) is 6.26 Å². The number of benzene rings is 2. The lowest BCUT2D eigenvalue weighted by atomic mass is 10.0. The first kappa shape index (κ1) is 23.4. The molecule has 2 unspecified atom stereocenters. The number of aliphatic hydroxyl groups is 1. The van der Waals surface area contributed by atoms with E-state index in [0.717, 1.165) is 17.3 Å². The third-order valence-electron chi connectivity index (χ3n) is 3.59. The molecule has 149 valence electrons. The Hall–Kier alpha value is -2.68. The summed E-state index contributed by atoms with van der Waals surface area (Å²) >= 11 is 0.984. The van der Waals surface area contributed by atoms with Crippen molar-refractivity contribution < 1.29 is 29.3 Å². The number of rotatable bonds is 8. The molecule has 3 atom stereocenters. The molecule has 7 nitrogen and oxygen atoms in total. The van der Waals surface area contributed by atoms with Gasteiger partial charge in [-0.15, -0.1) is 11.8 Å². The zero-order chi connectivity index (χ0) is 20.9. The average Bonchev–Trinajstić information content (AvgIpc) is 2.74. The zero-order valence-electron chi connectivity index (χ0n) is 15.2. The van der Waals surface area contributed by atoms with Crippen LogP contribution < -0.4 is 5.73 Å². The Morgan fingerprint density at radius 2 is 1.82 bits per heavy atom. The average molecular weight is 404 g/mol. The molecular formula is C20H22NO6S. The van der Waals surface area contributed by atoms with E-state index in [2.05, 4.69) is 6.07 Å². The molecule has 2 aromatic rings. The molecule has 0 saturated heterocycles. The summed E-state index contributed by atoms with van der Waals surface area (Å²) in [4.78, 5) is 32.2. The lowest BCUT2D eigenvalue weighted by Crippen LogP contribution is -2.43. The molecule has 0 saturated carbocycles. The van der Waals surface area contributed by atoms with Crippen LogP contribution in [0.4, 0.5) is 0 Å². The summed E-state index contributed by atoms with van der Waals surface area (Å²) in [5, 5.41) is 17.5. The molecule has 2 rings (SSSR count). The second kappa shape index (κ2) is 12.7. The van der Waals surface area contributed by atoms with Crippen LogP contribution in [-0.2, 0) is 20.9 Å². The number of esters is 1. The van der Waals surface area contributed by atoms with Crippen LogP contribution in [0.1, 0.15) is 15.9 Å². The topological polar surface area (TPSA) is 127 Å². The second-order valence-electron chi connectivity index (χ2n) is 5.55. The van der Waals surface area contributed by atoms with Crippen LogP contribution >= 0.6 is 11.8 Å². The number of ether oxygens (including phenoxy) is 1. The van der Waals surface area contributed by atoms with Gasteiger partial charge in [-0.1, -0.05) is 42.5 Å². The van der Waals surface area contributed by atoms with Crippen molar-refractivity contribution in [1.29, 1.82) is 0 Å². The van der Waals surface area contributed by atoms with Gasteiger partial charge in [-0.05, 0) is 30.0 Å². The van der Waals surface area contributed by atoms with E-state index in [0.29, 0.717) is 18.5 Å². The highest BCUT2D eigenvalue weighted by molar-refractivity contribution is 7.99. The van der Waals surface area contributed by atoms with Crippen molar-refractivity contribution in [1.82, 2.24) is 0 Å². The molecule has 28 heavy (non-hydrogen) atoms. The minimum atomic E-state index is -1.34. The van der Waals surface area contributed by atoms with Gasteiger partial charge in [0.2, 0.25) is 0 Å². The zero-order valence-corrected chi connectivity index (χ0v) is 16.0. The number of nitrogens with two attached hydrogens (primary N) is 1. The van der Waals surface area contributed by atoms with Crippen molar-refractivity contribution in [2.45, 2.75) is 18.1 Å². The minimum absolute atomic E-state index is 0.304. The number of carbonyl (C=O) groups is 3. The van der Waals surface area contributed by atoms with E-state index < -0.39 is 23.4 Å². The van der Waals surface area contributed by atoms with Crippen LogP contribution in [0.2, 0.25) is 0 Å². The molecule has 0 amide bonds. The van der Waals surface area contributed by atoms with Gasteiger partial charge in [0.05, 0.1) is 11.5 Å². The molecule has 0 fully saturated rings. The summed E-state index contributed by atoms with van der Waals surface area (Å²) in [6, 6.07) is 17.9. The SMILES string of the molecule is CSC(O)C(C=O)[C@H](N)C(=O)O.O=C(OCc1ccccc1)c1cc[c]cc1. The van der Waals surface area contributed by atoms with Gasteiger partial charge in [0.25, 0.3) is 0 Å². The highest BCUT2D eigenvalue weighted by atomic mass is 32.2. The molecule has 0 spiro atoms. The van der Waals surface area contributed by atoms with E-state index in [9.17, 15) is 14.4 Å². The van der Waals surface area contributed by atoms with Gasteiger partial charge in [-0.25, -0.2) is 4.79 Å². The summed E-state index contributed by atoms with van der Waals surface area (Å²) in [6.45, 7) is 0.304. The van der Waals surface area contributed by atoms with Crippen molar-refractivity contribution in [3.8, 4) is 0 Å². The third-order valence-corrected chi connectivity index (χ3v) is 4.39. The molecule has 0 bridgehead atoms. The van der Waals surface area contributed by atoms with Crippen molar-refractivity contribution in [3.05, 3.63) is 71.8 Å². The number of aliphatic carboxylic acids is 1. The first-order chi connectivity index (χ1) is 13.4. The first-order valence-electron chi connectivity index (χ1n) is 8.22. The number of aldehydes is 1. The molecule has 0 aliphatic carbocycles. The molecule has 8 heteroatoms. The van der Waals surface area contributed by atoms with Crippen LogP contribution in [-0.4, -0.2) is 46.2 Å².